The first-order valence-corrected chi connectivity index (χ1v) is 32.5. The average molecular weight is 1160 g/mol. The Labute approximate surface area is 511 Å². The van der Waals surface area contributed by atoms with Crippen LogP contribution in [0.2, 0.25) is 0 Å². The Morgan fingerprint density at radius 1 is 0.453 bits per heavy atom. The zero-order valence-corrected chi connectivity index (χ0v) is 52.0. The van der Waals surface area contributed by atoms with Gasteiger partial charge in [-0.15, -0.1) is 0 Å². The average Bonchev–Trinajstić information content (AvgIpc) is 1.40. The van der Waals surface area contributed by atoms with Gasteiger partial charge in [-0.05, 0) is 133 Å². The highest BCUT2D eigenvalue weighted by atomic mass is 16.6. The minimum atomic E-state index is -0.375. The number of para-hydroxylation sites is 4. The molecule has 0 bridgehead atoms. The van der Waals surface area contributed by atoms with Gasteiger partial charge in [0.1, 0.15) is 35.2 Å². The highest BCUT2D eigenvalue weighted by molar-refractivity contribution is 5.94. The Kier molecular flexibility index (Phi) is 20.5. The lowest BCUT2D eigenvalue weighted by Crippen LogP contribution is -2.24. The Morgan fingerprint density at radius 2 is 0.791 bits per heavy atom. The van der Waals surface area contributed by atoms with E-state index in [1.165, 1.54) is 64.2 Å². The van der Waals surface area contributed by atoms with Gasteiger partial charge in [-0.25, -0.2) is 0 Å². The van der Waals surface area contributed by atoms with Crippen LogP contribution in [-0.2, 0) is 52.3 Å². The molecule has 86 heavy (non-hydrogen) atoms. The van der Waals surface area contributed by atoms with E-state index in [1.54, 1.807) is 0 Å². The van der Waals surface area contributed by atoms with E-state index < -0.39 is 0 Å². The van der Waals surface area contributed by atoms with Gasteiger partial charge in [0, 0.05) is 58.3 Å². The number of benzene rings is 6. The first-order chi connectivity index (χ1) is 41.5. The zero-order chi connectivity index (χ0) is 60.2. The SMILES string of the molecule is CC(C)(C)c1ccc(CC[C@H](CCC2CCCCC2)OC(=O)CCC(=O)O[C@H](CCc2ccc(C(C)(C)C)c(NC(=O)CC3c4ccccc4Oc4ccccc43)c2)CCC2CCCCC2)cc1NC(=O)CC1c2ccccc2Oc2ccccc21. The number of ether oxygens (including phenoxy) is 4. The molecule has 0 saturated heterocycles. The molecule has 10 rings (SSSR count). The number of hydrogen-bond acceptors (Lipinski definition) is 8. The predicted molar refractivity (Wildman–Crippen MR) is 344 cm³/mol. The van der Waals surface area contributed by atoms with Crippen molar-refractivity contribution >= 4 is 35.1 Å². The normalized spacial score (nSPS) is 16.2. The maximum absolute atomic E-state index is 14.2. The van der Waals surface area contributed by atoms with E-state index in [2.05, 4.69) is 88.6 Å². The molecule has 2 fully saturated rings. The molecule has 10 heteroatoms. The van der Waals surface area contributed by atoms with Gasteiger partial charge in [0.05, 0.1) is 12.8 Å². The minimum Gasteiger partial charge on any atom is -0.462 e. The summed E-state index contributed by atoms with van der Waals surface area (Å²) in [5, 5.41) is 6.68. The number of hydrogen-bond donors (Lipinski definition) is 2. The molecule has 6 aromatic rings. The highest BCUT2D eigenvalue weighted by Crippen LogP contribution is 2.48. The van der Waals surface area contributed by atoms with Crippen molar-refractivity contribution in [3.63, 3.8) is 0 Å². The first-order valence-electron chi connectivity index (χ1n) is 32.5. The van der Waals surface area contributed by atoms with Gasteiger partial charge in [0.25, 0.3) is 0 Å². The van der Waals surface area contributed by atoms with Crippen molar-refractivity contribution in [3.05, 3.63) is 178 Å². The van der Waals surface area contributed by atoms with Crippen LogP contribution in [0.15, 0.2) is 133 Å². The van der Waals surface area contributed by atoms with E-state index in [0.717, 1.165) is 105 Å². The molecule has 2 heterocycles. The van der Waals surface area contributed by atoms with Gasteiger partial charge < -0.3 is 29.6 Å². The lowest BCUT2D eigenvalue weighted by Gasteiger charge is -2.28. The summed E-state index contributed by atoms with van der Waals surface area (Å²) in [6.07, 6.45) is 18.3. The lowest BCUT2D eigenvalue weighted by molar-refractivity contribution is -0.157. The molecule has 2 saturated carbocycles. The number of carbonyl (C=O) groups excluding carboxylic acids is 4. The highest BCUT2D eigenvalue weighted by Gasteiger charge is 2.32. The molecule has 2 atom stereocenters. The maximum Gasteiger partial charge on any atom is 0.306 e. The van der Waals surface area contributed by atoms with E-state index in [-0.39, 0.29) is 84.3 Å². The molecule has 0 spiro atoms. The molecule has 2 amide bonds. The van der Waals surface area contributed by atoms with Crippen LogP contribution in [-0.4, -0.2) is 36.0 Å². The second-order valence-corrected chi connectivity index (χ2v) is 27.2. The van der Waals surface area contributed by atoms with E-state index in [9.17, 15) is 19.2 Å². The van der Waals surface area contributed by atoms with E-state index >= 15 is 0 Å². The Bertz CT molecular complexity index is 2990. The third-order valence-electron chi connectivity index (χ3n) is 18.6. The molecular weight excluding hydrogens is 1070 g/mol. The summed E-state index contributed by atoms with van der Waals surface area (Å²) in [5.74, 6) is 3.16. The molecule has 2 aliphatic carbocycles. The summed E-state index contributed by atoms with van der Waals surface area (Å²) in [6, 6.07) is 44.7. The molecule has 0 unspecified atom stereocenters. The van der Waals surface area contributed by atoms with Crippen LogP contribution in [0.25, 0.3) is 0 Å². The number of fused-ring (bicyclic) bond motifs is 4. The van der Waals surface area contributed by atoms with Crippen molar-refractivity contribution in [3.8, 4) is 23.0 Å². The number of carbonyl (C=O) groups is 4. The van der Waals surface area contributed by atoms with Gasteiger partial charge >= 0.3 is 11.9 Å². The van der Waals surface area contributed by atoms with E-state index in [1.807, 2.05) is 97.1 Å². The van der Waals surface area contributed by atoms with Gasteiger partial charge in [-0.1, -0.05) is 203 Å². The Hall–Kier alpha value is -7.20. The van der Waals surface area contributed by atoms with Crippen molar-refractivity contribution in [1.29, 1.82) is 0 Å². The summed E-state index contributed by atoms with van der Waals surface area (Å²) in [5.41, 5.74) is 9.36. The lowest BCUT2D eigenvalue weighted by atomic mass is 9.83. The summed E-state index contributed by atoms with van der Waals surface area (Å²) < 4.78 is 25.2. The van der Waals surface area contributed by atoms with Crippen LogP contribution in [0.5, 0.6) is 23.0 Å². The number of rotatable bonds is 23. The third-order valence-corrected chi connectivity index (χ3v) is 18.6. The summed E-state index contributed by atoms with van der Waals surface area (Å²) in [7, 11) is 0. The van der Waals surface area contributed by atoms with Gasteiger partial charge in [0.15, 0.2) is 0 Å². The number of aryl methyl sites for hydroxylation is 2. The fourth-order valence-corrected chi connectivity index (χ4v) is 13.9. The minimum absolute atomic E-state index is 0.0466. The molecule has 2 aliphatic heterocycles. The summed E-state index contributed by atoms with van der Waals surface area (Å²) >= 11 is 0. The fraction of sp³-hybridized carbons (Fsp3) is 0.474. The van der Waals surface area contributed by atoms with Crippen LogP contribution in [0.3, 0.4) is 0 Å². The largest absolute Gasteiger partial charge is 0.462 e. The van der Waals surface area contributed by atoms with Crippen molar-refractivity contribution in [2.75, 3.05) is 10.6 Å². The number of esters is 2. The van der Waals surface area contributed by atoms with Crippen LogP contribution >= 0.6 is 0 Å². The van der Waals surface area contributed by atoms with Crippen molar-refractivity contribution in [1.82, 2.24) is 0 Å². The topological polar surface area (TPSA) is 129 Å². The van der Waals surface area contributed by atoms with Crippen molar-refractivity contribution < 1.29 is 38.1 Å². The Balaban J connectivity index is 0.777. The van der Waals surface area contributed by atoms with Crippen LogP contribution < -0.4 is 20.1 Å². The second-order valence-electron chi connectivity index (χ2n) is 27.2. The van der Waals surface area contributed by atoms with Crippen molar-refractivity contribution in [2.45, 2.75) is 218 Å². The molecular formula is C76H92N2O8. The van der Waals surface area contributed by atoms with Gasteiger partial charge in [-0.2, -0.15) is 0 Å². The Morgan fingerprint density at radius 3 is 1.13 bits per heavy atom. The number of nitrogens with one attached hydrogen (secondary N) is 2. The van der Waals surface area contributed by atoms with Crippen molar-refractivity contribution in [2.24, 2.45) is 11.8 Å². The number of amides is 2. The predicted octanol–water partition coefficient (Wildman–Crippen LogP) is 18.7. The first kappa shape index (κ1) is 61.9. The molecule has 454 valence electrons. The summed E-state index contributed by atoms with van der Waals surface area (Å²) in [6.45, 7) is 13.0. The van der Waals surface area contributed by atoms with E-state index in [4.69, 9.17) is 18.9 Å². The van der Waals surface area contributed by atoms with Crippen LogP contribution in [0.4, 0.5) is 11.4 Å². The fourth-order valence-electron chi connectivity index (χ4n) is 13.9. The summed E-state index contributed by atoms with van der Waals surface area (Å²) in [4.78, 5) is 56.2. The van der Waals surface area contributed by atoms with Gasteiger partial charge in [0.2, 0.25) is 11.8 Å². The molecule has 2 N–H and O–H groups in total. The molecule has 0 aromatic heterocycles. The molecule has 6 aromatic carbocycles. The van der Waals surface area contributed by atoms with E-state index in [0.29, 0.717) is 37.5 Å². The third kappa shape index (κ3) is 16.4. The maximum atomic E-state index is 14.2. The molecule has 10 nitrogen and oxygen atoms in total. The van der Waals surface area contributed by atoms with Gasteiger partial charge in [-0.3, -0.25) is 19.2 Å². The van der Waals surface area contributed by atoms with Crippen LogP contribution in [0, 0.1) is 11.8 Å². The smallest absolute Gasteiger partial charge is 0.306 e. The zero-order valence-electron chi connectivity index (χ0n) is 52.0. The monoisotopic (exact) mass is 1160 g/mol. The molecule has 0 radical (unpaired) electrons. The quantitative estimate of drug-likeness (QED) is 0.0607. The second kappa shape index (κ2) is 28.5. The van der Waals surface area contributed by atoms with Crippen LogP contribution in [0.1, 0.15) is 226 Å². The molecule has 4 aliphatic rings. The number of anilines is 2. The standard InChI is InChI=1S/C76H92N2O8/c1-75(2,3)63-43-37-53(47-65(63)77-71(79)49-61-57-25-13-17-29-67(57)85-68-30-18-14-26-58(61)68)35-41-55(39-33-51-21-9-7-10-22-51)83-73(81)45-46-74(82)84-56(40-34-52-23-11-8-12-24-52)42-36-54-38-44-64(76(4,5)6)66(48-54)78-72(80)50-62-59-27-15-19-31-69(59)86-70-32-20-16-28-60(62)70/h13-20,25-32,37-38,43-44,47-48,51-52,55-56,61-62H,7-12,21-24,33-36,39-42,45-46,49-50H2,1-6H3,(H,77,79)(H,78,80)/t55-,56-/m0/s1.